The van der Waals surface area contributed by atoms with Crippen molar-refractivity contribution in [2.75, 3.05) is 6.54 Å². The van der Waals surface area contributed by atoms with Crippen molar-refractivity contribution in [3.63, 3.8) is 0 Å². The van der Waals surface area contributed by atoms with Crippen molar-refractivity contribution in [1.29, 1.82) is 0 Å². The van der Waals surface area contributed by atoms with E-state index in [-0.39, 0.29) is 5.54 Å². The topological polar surface area (TPSA) is 32.3 Å². The van der Waals surface area contributed by atoms with Crippen LogP contribution < -0.4 is 5.32 Å². The normalized spacial score (nSPS) is 21.8. The van der Waals surface area contributed by atoms with Gasteiger partial charge in [-0.05, 0) is 59.4 Å². The van der Waals surface area contributed by atoms with Gasteiger partial charge < -0.3 is 10.4 Å². The van der Waals surface area contributed by atoms with Gasteiger partial charge in [0.05, 0.1) is 5.60 Å². The lowest BCUT2D eigenvalue weighted by molar-refractivity contribution is 0.0326. The predicted octanol–water partition coefficient (Wildman–Crippen LogP) is 3.88. The molecule has 0 saturated heterocycles. The molecule has 0 aromatic heterocycles. The number of nitrogens with one attached hydrogen (secondary N) is 1. The van der Waals surface area contributed by atoms with Crippen LogP contribution in [-0.2, 0) is 0 Å². The van der Waals surface area contributed by atoms with Gasteiger partial charge in [-0.1, -0.05) is 32.1 Å². The summed E-state index contributed by atoms with van der Waals surface area (Å²) < 4.78 is 0. The first-order valence-corrected chi connectivity index (χ1v) is 7.76. The largest absolute Gasteiger partial charge is 0.390 e. The Labute approximate surface area is 114 Å². The minimum absolute atomic E-state index is 0.152. The quantitative estimate of drug-likeness (QED) is 0.755. The van der Waals surface area contributed by atoms with Crippen molar-refractivity contribution in [1.82, 2.24) is 5.32 Å². The van der Waals surface area contributed by atoms with Gasteiger partial charge in [-0.15, -0.1) is 0 Å². The first-order chi connectivity index (χ1) is 8.29. The summed E-state index contributed by atoms with van der Waals surface area (Å²) in [5.41, 5.74) is -0.338. The van der Waals surface area contributed by atoms with Crippen LogP contribution in [0, 0.1) is 5.92 Å². The first kappa shape index (κ1) is 16.0. The molecular formula is C16H33NO. The molecule has 0 amide bonds. The minimum Gasteiger partial charge on any atom is -0.390 e. The van der Waals surface area contributed by atoms with Crippen LogP contribution in [0.3, 0.4) is 0 Å². The molecule has 0 aromatic carbocycles. The van der Waals surface area contributed by atoms with E-state index in [1.54, 1.807) is 0 Å². The van der Waals surface area contributed by atoms with Crippen LogP contribution in [0.1, 0.15) is 79.1 Å². The predicted molar refractivity (Wildman–Crippen MR) is 78.8 cm³/mol. The van der Waals surface area contributed by atoms with Gasteiger partial charge in [0.1, 0.15) is 0 Å². The Morgan fingerprint density at radius 2 is 1.61 bits per heavy atom. The van der Waals surface area contributed by atoms with Crippen LogP contribution in [0.25, 0.3) is 0 Å². The summed E-state index contributed by atoms with van der Waals surface area (Å²) in [6.07, 6.45) is 10.0. The Balaban J connectivity index is 2.17. The highest BCUT2D eigenvalue weighted by Gasteiger charge is 2.23. The van der Waals surface area contributed by atoms with Crippen LogP contribution in [0.2, 0.25) is 0 Å². The van der Waals surface area contributed by atoms with E-state index in [2.05, 4.69) is 26.1 Å². The lowest BCUT2D eigenvalue weighted by Gasteiger charge is -2.29. The molecular weight excluding hydrogens is 222 g/mol. The van der Waals surface area contributed by atoms with E-state index >= 15 is 0 Å². The highest BCUT2D eigenvalue weighted by molar-refractivity contribution is 4.79. The van der Waals surface area contributed by atoms with Gasteiger partial charge in [0, 0.05) is 5.54 Å². The zero-order valence-corrected chi connectivity index (χ0v) is 12.9. The van der Waals surface area contributed by atoms with E-state index < -0.39 is 5.60 Å². The zero-order chi connectivity index (χ0) is 13.6. The second-order valence-electron chi connectivity index (χ2n) is 7.47. The van der Waals surface area contributed by atoms with Crippen molar-refractivity contribution in [3.8, 4) is 0 Å². The molecule has 0 bridgehead atoms. The van der Waals surface area contributed by atoms with Crippen LogP contribution >= 0.6 is 0 Å². The van der Waals surface area contributed by atoms with Crippen LogP contribution in [-0.4, -0.2) is 22.8 Å². The third kappa shape index (κ3) is 7.38. The van der Waals surface area contributed by atoms with Gasteiger partial charge in [0.25, 0.3) is 0 Å². The van der Waals surface area contributed by atoms with E-state index in [9.17, 15) is 5.11 Å². The van der Waals surface area contributed by atoms with Gasteiger partial charge in [-0.3, -0.25) is 0 Å². The second kappa shape index (κ2) is 6.91. The maximum atomic E-state index is 10.4. The van der Waals surface area contributed by atoms with Gasteiger partial charge in [0.2, 0.25) is 0 Å². The average molecular weight is 255 g/mol. The van der Waals surface area contributed by atoms with E-state index in [1.165, 1.54) is 38.5 Å². The molecule has 0 radical (unpaired) electrons. The second-order valence-corrected chi connectivity index (χ2v) is 7.47. The SMILES string of the molecule is CC(O)(CCNC(C)(C)C)CCC1CCCCC1. The number of rotatable bonds is 6. The Morgan fingerprint density at radius 1 is 1.00 bits per heavy atom. The lowest BCUT2D eigenvalue weighted by Crippen LogP contribution is -2.39. The molecule has 0 heterocycles. The summed E-state index contributed by atoms with van der Waals surface area (Å²) in [5.74, 6) is 0.876. The van der Waals surface area contributed by atoms with Crippen LogP contribution in [0.5, 0.6) is 0 Å². The van der Waals surface area contributed by atoms with Crippen LogP contribution in [0.4, 0.5) is 0 Å². The summed E-state index contributed by atoms with van der Waals surface area (Å²) in [6, 6.07) is 0. The lowest BCUT2D eigenvalue weighted by atomic mass is 9.82. The molecule has 18 heavy (non-hydrogen) atoms. The smallest absolute Gasteiger partial charge is 0.0632 e. The monoisotopic (exact) mass is 255 g/mol. The minimum atomic E-state index is -0.490. The Hall–Kier alpha value is -0.0800. The van der Waals surface area contributed by atoms with Gasteiger partial charge in [-0.25, -0.2) is 0 Å². The maximum absolute atomic E-state index is 10.4. The molecule has 1 fully saturated rings. The molecule has 1 saturated carbocycles. The molecule has 108 valence electrons. The fourth-order valence-electron chi connectivity index (χ4n) is 2.82. The third-order valence-corrected chi connectivity index (χ3v) is 4.13. The van der Waals surface area contributed by atoms with E-state index in [4.69, 9.17) is 0 Å². The van der Waals surface area contributed by atoms with E-state index in [0.29, 0.717) is 0 Å². The third-order valence-electron chi connectivity index (χ3n) is 4.13. The Kier molecular flexibility index (Phi) is 6.13. The highest BCUT2D eigenvalue weighted by Crippen LogP contribution is 2.30. The summed E-state index contributed by atoms with van der Waals surface area (Å²) in [5, 5.41) is 13.9. The molecule has 1 unspecified atom stereocenters. The fourth-order valence-corrected chi connectivity index (χ4v) is 2.82. The molecule has 0 spiro atoms. The summed E-state index contributed by atoms with van der Waals surface area (Å²) in [4.78, 5) is 0. The molecule has 0 aliphatic heterocycles. The molecule has 2 heteroatoms. The molecule has 1 aliphatic carbocycles. The number of aliphatic hydroxyl groups is 1. The molecule has 2 N–H and O–H groups in total. The van der Waals surface area contributed by atoms with Crippen LogP contribution in [0.15, 0.2) is 0 Å². The van der Waals surface area contributed by atoms with Gasteiger partial charge in [-0.2, -0.15) is 0 Å². The van der Waals surface area contributed by atoms with E-state index in [1.807, 2.05) is 6.92 Å². The molecule has 2 nitrogen and oxygen atoms in total. The average Bonchev–Trinajstić information content (AvgIpc) is 2.26. The van der Waals surface area contributed by atoms with Crippen molar-refractivity contribution >= 4 is 0 Å². The summed E-state index contributed by atoms with van der Waals surface area (Å²) in [7, 11) is 0. The maximum Gasteiger partial charge on any atom is 0.0632 e. The Morgan fingerprint density at radius 3 is 2.17 bits per heavy atom. The first-order valence-electron chi connectivity index (χ1n) is 7.76. The molecule has 1 atom stereocenters. The van der Waals surface area contributed by atoms with Crippen molar-refractivity contribution in [3.05, 3.63) is 0 Å². The van der Waals surface area contributed by atoms with Gasteiger partial charge >= 0.3 is 0 Å². The fraction of sp³-hybridized carbons (Fsp3) is 1.00. The summed E-state index contributed by atoms with van der Waals surface area (Å²) in [6.45, 7) is 9.42. The standard InChI is InChI=1S/C16H33NO/c1-15(2,3)17-13-12-16(4,18)11-10-14-8-6-5-7-9-14/h14,17-18H,5-13H2,1-4H3. The molecule has 1 aliphatic rings. The molecule has 1 rings (SSSR count). The van der Waals surface area contributed by atoms with Gasteiger partial charge in [0.15, 0.2) is 0 Å². The van der Waals surface area contributed by atoms with Crippen molar-refractivity contribution in [2.45, 2.75) is 90.2 Å². The van der Waals surface area contributed by atoms with Crippen molar-refractivity contribution in [2.24, 2.45) is 5.92 Å². The zero-order valence-electron chi connectivity index (χ0n) is 12.9. The Bertz CT molecular complexity index is 224. The van der Waals surface area contributed by atoms with E-state index in [0.717, 1.165) is 25.3 Å². The number of hydrogen-bond donors (Lipinski definition) is 2. The highest BCUT2D eigenvalue weighted by atomic mass is 16.3. The van der Waals surface area contributed by atoms with Crippen molar-refractivity contribution < 1.29 is 5.11 Å². The summed E-state index contributed by atoms with van der Waals surface area (Å²) >= 11 is 0. The molecule has 0 aromatic rings. The number of hydrogen-bond acceptors (Lipinski definition) is 2.